The lowest BCUT2D eigenvalue weighted by atomic mass is 10.0. The fourth-order valence-electron chi connectivity index (χ4n) is 1.55. The lowest BCUT2D eigenvalue weighted by molar-refractivity contribution is -0.144. The zero-order valence-electron chi connectivity index (χ0n) is 10.3. The van der Waals surface area contributed by atoms with Gasteiger partial charge in [-0.3, -0.25) is 4.79 Å². The van der Waals surface area contributed by atoms with E-state index in [4.69, 9.17) is 10.00 Å². The molecule has 1 N–H and O–H groups in total. The molecule has 0 unspecified atom stereocenters. The molecule has 0 aromatic heterocycles. The summed E-state index contributed by atoms with van der Waals surface area (Å²) in [6.07, 6.45) is 0.756. The van der Waals surface area contributed by atoms with Gasteiger partial charge in [-0.25, -0.2) is 0 Å². The maximum Gasteiger partial charge on any atom is 0.322 e. The number of benzene rings is 1. The molecule has 5 heteroatoms. The van der Waals surface area contributed by atoms with Crippen molar-refractivity contribution < 1.29 is 14.6 Å². The summed E-state index contributed by atoms with van der Waals surface area (Å²) in [5.41, 5.74) is 0.997. The minimum atomic E-state index is -0.979. The number of nitriles is 1. The molecule has 0 saturated heterocycles. The molecule has 4 nitrogen and oxygen atoms in total. The van der Waals surface area contributed by atoms with Crippen LogP contribution < -0.4 is 0 Å². The van der Waals surface area contributed by atoms with E-state index in [1.165, 1.54) is 11.8 Å². The number of carbonyl (C=O) groups excluding carboxylic acids is 1. The standard InChI is InChI=1S/C13H15NO3S/c1-3-17-13(16)12(18-2)11(15)10-6-4-5-9(7-10)8-14/h4-7,11-12,15H,3H2,1-2H3/t11-,12+/m1/s1. The van der Waals surface area contributed by atoms with E-state index in [0.717, 1.165) is 0 Å². The summed E-state index contributed by atoms with van der Waals surface area (Å²) in [5.74, 6) is -0.445. The second kappa shape index (κ2) is 7.04. The van der Waals surface area contributed by atoms with Gasteiger partial charge in [0.2, 0.25) is 0 Å². The fraction of sp³-hybridized carbons (Fsp3) is 0.385. The van der Waals surface area contributed by atoms with Crippen LogP contribution in [0.4, 0.5) is 0 Å². The highest BCUT2D eigenvalue weighted by Crippen LogP contribution is 2.26. The second-order valence-electron chi connectivity index (χ2n) is 3.59. The topological polar surface area (TPSA) is 70.3 Å². The van der Waals surface area contributed by atoms with Crippen molar-refractivity contribution in [3.8, 4) is 6.07 Å². The van der Waals surface area contributed by atoms with Gasteiger partial charge in [-0.2, -0.15) is 5.26 Å². The Balaban J connectivity index is 2.92. The van der Waals surface area contributed by atoms with Crippen molar-refractivity contribution in [2.45, 2.75) is 18.3 Å². The summed E-state index contributed by atoms with van der Waals surface area (Å²) >= 11 is 1.23. The van der Waals surface area contributed by atoms with Crippen molar-refractivity contribution in [3.05, 3.63) is 35.4 Å². The highest BCUT2D eigenvalue weighted by molar-refractivity contribution is 7.99. The third kappa shape index (κ3) is 3.49. The smallest absolute Gasteiger partial charge is 0.322 e. The van der Waals surface area contributed by atoms with Crippen LogP contribution in [0.1, 0.15) is 24.2 Å². The summed E-state index contributed by atoms with van der Waals surface area (Å²) in [4.78, 5) is 11.7. The van der Waals surface area contributed by atoms with E-state index in [1.807, 2.05) is 6.07 Å². The van der Waals surface area contributed by atoms with Crippen LogP contribution >= 0.6 is 11.8 Å². The van der Waals surface area contributed by atoms with Crippen molar-refractivity contribution in [2.24, 2.45) is 0 Å². The zero-order chi connectivity index (χ0) is 13.5. The van der Waals surface area contributed by atoms with Crippen molar-refractivity contribution >= 4 is 17.7 Å². The van der Waals surface area contributed by atoms with E-state index in [0.29, 0.717) is 11.1 Å². The van der Waals surface area contributed by atoms with E-state index < -0.39 is 17.3 Å². The third-order valence-corrected chi connectivity index (χ3v) is 3.37. The number of thioether (sulfide) groups is 1. The quantitative estimate of drug-likeness (QED) is 0.823. The van der Waals surface area contributed by atoms with Crippen LogP contribution in [-0.2, 0) is 9.53 Å². The monoisotopic (exact) mass is 265 g/mol. The summed E-state index contributed by atoms with van der Waals surface area (Å²) < 4.78 is 4.91. The highest BCUT2D eigenvalue weighted by atomic mass is 32.2. The minimum absolute atomic E-state index is 0.279. The molecule has 0 spiro atoms. The number of nitrogens with zero attached hydrogens (tertiary/aromatic N) is 1. The average Bonchev–Trinajstić information content (AvgIpc) is 2.40. The predicted octanol–water partition coefficient (Wildman–Crippen LogP) is 1.89. The SMILES string of the molecule is CCOC(=O)[C@@H](SC)[C@H](O)c1cccc(C#N)c1. The van der Waals surface area contributed by atoms with Gasteiger partial charge in [0, 0.05) is 0 Å². The molecule has 1 aromatic carbocycles. The van der Waals surface area contributed by atoms with Crippen LogP contribution in [-0.4, -0.2) is 29.2 Å². The van der Waals surface area contributed by atoms with Gasteiger partial charge in [-0.05, 0) is 30.9 Å². The third-order valence-electron chi connectivity index (χ3n) is 2.42. The number of aliphatic hydroxyl groups is 1. The Morgan fingerprint density at radius 1 is 1.61 bits per heavy atom. The van der Waals surface area contributed by atoms with Gasteiger partial charge in [0.25, 0.3) is 0 Å². The highest BCUT2D eigenvalue weighted by Gasteiger charge is 2.28. The number of carbonyl (C=O) groups is 1. The molecule has 0 fully saturated rings. The van der Waals surface area contributed by atoms with Crippen LogP contribution in [0, 0.1) is 11.3 Å². The number of ether oxygens (including phenoxy) is 1. The van der Waals surface area contributed by atoms with Gasteiger partial charge >= 0.3 is 5.97 Å². The molecule has 0 heterocycles. The van der Waals surface area contributed by atoms with Crippen LogP contribution in [0.2, 0.25) is 0 Å². The fourth-order valence-corrected chi connectivity index (χ4v) is 2.22. The van der Waals surface area contributed by atoms with Crippen LogP contribution in [0.15, 0.2) is 24.3 Å². The van der Waals surface area contributed by atoms with Gasteiger partial charge in [-0.15, -0.1) is 11.8 Å². The van der Waals surface area contributed by atoms with E-state index in [1.54, 1.807) is 37.4 Å². The van der Waals surface area contributed by atoms with Crippen LogP contribution in [0.5, 0.6) is 0 Å². The Kier molecular flexibility index (Phi) is 5.69. The summed E-state index contributed by atoms with van der Waals surface area (Å²) in [5, 5.41) is 18.3. The van der Waals surface area contributed by atoms with Crippen molar-refractivity contribution in [1.82, 2.24) is 0 Å². The lowest BCUT2D eigenvalue weighted by Gasteiger charge is -2.19. The second-order valence-corrected chi connectivity index (χ2v) is 4.57. The van der Waals surface area contributed by atoms with Crippen LogP contribution in [0.25, 0.3) is 0 Å². The maximum atomic E-state index is 11.7. The summed E-state index contributed by atoms with van der Waals surface area (Å²) in [6.45, 7) is 2.00. The van der Waals surface area contributed by atoms with E-state index in [9.17, 15) is 9.90 Å². The molecule has 1 rings (SSSR count). The Morgan fingerprint density at radius 2 is 2.33 bits per heavy atom. The molecule has 96 valence electrons. The zero-order valence-corrected chi connectivity index (χ0v) is 11.1. The first-order valence-electron chi connectivity index (χ1n) is 5.51. The van der Waals surface area contributed by atoms with Crippen molar-refractivity contribution in [3.63, 3.8) is 0 Å². The van der Waals surface area contributed by atoms with Gasteiger partial charge in [0.05, 0.1) is 18.2 Å². The first kappa shape index (κ1) is 14.6. The summed E-state index contributed by atoms with van der Waals surface area (Å²) in [7, 11) is 0. The molecule has 18 heavy (non-hydrogen) atoms. The Hall–Kier alpha value is -1.51. The predicted molar refractivity (Wildman–Crippen MR) is 70.1 cm³/mol. The van der Waals surface area contributed by atoms with Gasteiger partial charge in [-0.1, -0.05) is 12.1 Å². The molecule has 0 aliphatic rings. The summed E-state index contributed by atoms with van der Waals surface area (Å²) in [6, 6.07) is 8.59. The molecule has 0 amide bonds. The Morgan fingerprint density at radius 3 is 2.89 bits per heavy atom. The van der Waals surface area contributed by atoms with E-state index in [2.05, 4.69) is 0 Å². The molecule has 0 aliphatic carbocycles. The molecular formula is C13H15NO3S. The van der Waals surface area contributed by atoms with Crippen molar-refractivity contribution in [2.75, 3.05) is 12.9 Å². The molecule has 1 aromatic rings. The lowest BCUT2D eigenvalue weighted by Crippen LogP contribution is -2.27. The first-order chi connectivity index (χ1) is 8.63. The van der Waals surface area contributed by atoms with Gasteiger partial charge < -0.3 is 9.84 Å². The van der Waals surface area contributed by atoms with Crippen LogP contribution in [0.3, 0.4) is 0 Å². The van der Waals surface area contributed by atoms with E-state index >= 15 is 0 Å². The largest absolute Gasteiger partial charge is 0.465 e. The molecule has 0 saturated carbocycles. The Labute approximate surface area is 111 Å². The molecular weight excluding hydrogens is 250 g/mol. The number of aliphatic hydroxyl groups excluding tert-OH is 1. The molecule has 0 bridgehead atoms. The average molecular weight is 265 g/mol. The van der Waals surface area contributed by atoms with E-state index in [-0.39, 0.29) is 6.61 Å². The maximum absolute atomic E-state index is 11.7. The molecule has 0 aliphatic heterocycles. The van der Waals surface area contributed by atoms with Gasteiger partial charge in [0.15, 0.2) is 0 Å². The number of esters is 1. The minimum Gasteiger partial charge on any atom is -0.465 e. The first-order valence-corrected chi connectivity index (χ1v) is 6.80. The molecule has 0 radical (unpaired) electrons. The number of rotatable bonds is 5. The number of hydrogen-bond donors (Lipinski definition) is 1. The normalized spacial score (nSPS) is 13.4. The Bertz CT molecular complexity index is 456. The van der Waals surface area contributed by atoms with Crippen molar-refractivity contribution in [1.29, 1.82) is 5.26 Å². The van der Waals surface area contributed by atoms with Gasteiger partial charge in [0.1, 0.15) is 11.4 Å². The molecule has 2 atom stereocenters. The number of hydrogen-bond acceptors (Lipinski definition) is 5.